The molecule has 1 heterocycles. The zero-order valence-electron chi connectivity index (χ0n) is 16.9. The Bertz CT molecular complexity index is 923. The summed E-state index contributed by atoms with van der Waals surface area (Å²) in [6.07, 6.45) is 4.84. The van der Waals surface area contributed by atoms with Gasteiger partial charge in [-0.3, -0.25) is 14.4 Å². The molecule has 1 aliphatic rings. The Labute approximate surface area is 179 Å². The number of carbonyl (C=O) groups excluding carboxylic acids is 3. The Hall–Kier alpha value is -2.88. The summed E-state index contributed by atoms with van der Waals surface area (Å²) in [6, 6.07) is 7.19. The van der Waals surface area contributed by atoms with E-state index in [1.165, 1.54) is 11.8 Å². The Morgan fingerprint density at radius 3 is 2.67 bits per heavy atom. The lowest BCUT2D eigenvalue weighted by Crippen LogP contribution is -2.33. The van der Waals surface area contributed by atoms with Crippen LogP contribution in [0.2, 0.25) is 0 Å². The number of primary amides is 1. The number of nitrogens with zero attached hydrogens (tertiary/aromatic N) is 3. The van der Waals surface area contributed by atoms with Crippen LogP contribution < -0.4 is 16.4 Å². The first-order chi connectivity index (χ1) is 14.4. The van der Waals surface area contributed by atoms with Crippen LogP contribution in [-0.2, 0) is 23.1 Å². The summed E-state index contributed by atoms with van der Waals surface area (Å²) in [5, 5.41) is 14.5. The largest absolute Gasteiger partial charge is 0.370 e. The molecule has 1 saturated carbocycles. The average molecular weight is 431 g/mol. The van der Waals surface area contributed by atoms with Gasteiger partial charge < -0.3 is 20.9 Å². The fraction of sp³-hybridized carbons (Fsp3) is 0.450. The maximum Gasteiger partial charge on any atom is 0.253 e. The Kier molecular flexibility index (Phi) is 7.45. The predicted molar refractivity (Wildman–Crippen MR) is 114 cm³/mol. The molecule has 0 atom stereocenters. The highest BCUT2D eigenvalue weighted by Crippen LogP contribution is 2.21. The lowest BCUT2D eigenvalue weighted by atomic mass is 10.1. The van der Waals surface area contributed by atoms with Gasteiger partial charge in [-0.15, -0.1) is 10.2 Å². The van der Waals surface area contributed by atoms with Gasteiger partial charge in [0.2, 0.25) is 11.8 Å². The van der Waals surface area contributed by atoms with Gasteiger partial charge in [-0.1, -0.05) is 36.7 Å². The molecule has 3 rings (SSSR count). The van der Waals surface area contributed by atoms with Crippen LogP contribution in [-0.4, -0.2) is 44.3 Å². The molecule has 1 aliphatic carbocycles. The van der Waals surface area contributed by atoms with Gasteiger partial charge in [0.05, 0.1) is 17.0 Å². The van der Waals surface area contributed by atoms with Crippen LogP contribution in [0.25, 0.3) is 0 Å². The third-order valence-corrected chi connectivity index (χ3v) is 6.01. The second-order valence-electron chi connectivity index (χ2n) is 7.26. The molecule has 1 aromatic heterocycles. The molecule has 4 N–H and O–H groups in total. The highest BCUT2D eigenvalue weighted by Gasteiger charge is 2.20. The monoisotopic (exact) mass is 430 g/mol. The van der Waals surface area contributed by atoms with Crippen LogP contribution in [0.15, 0.2) is 29.4 Å². The quantitative estimate of drug-likeness (QED) is 0.518. The molecular weight excluding hydrogens is 404 g/mol. The minimum atomic E-state index is -0.401. The number of hydrogen-bond donors (Lipinski definition) is 3. The third kappa shape index (κ3) is 5.82. The van der Waals surface area contributed by atoms with E-state index in [0.29, 0.717) is 28.7 Å². The number of nitrogens with one attached hydrogen (secondary N) is 2. The summed E-state index contributed by atoms with van der Waals surface area (Å²) >= 11 is 1.23. The van der Waals surface area contributed by atoms with Crippen molar-refractivity contribution in [1.82, 2.24) is 20.1 Å². The van der Waals surface area contributed by atoms with Gasteiger partial charge in [-0.25, -0.2) is 0 Å². The van der Waals surface area contributed by atoms with E-state index in [9.17, 15) is 14.4 Å². The lowest BCUT2D eigenvalue weighted by Gasteiger charge is -2.15. The second kappa shape index (κ2) is 10.2. The Morgan fingerprint density at radius 2 is 1.93 bits per heavy atom. The molecule has 2 aromatic rings. The van der Waals surface area contributed by atoms with E-state index in [1.807, 2.05) is 0 Å². The number of para-hydroxylation sites is 1. The first-order valence-corrected chi connectivity index (χ1v) is 10.9. The van der Waals surface area contributed by atoms with Crippen molar-refractivity contribution >= 4 is 35.2 Å². The number of nitrogens with two attached hydrogens (primary N) is 1. The smallest absolute Gasteiger partial charge is 0.253 e. The maximum atomic E-state index is 12.6. The van der Waals surface area contributed by atoms with Crippen molar-refractivity contribution in [1.29, 1.82) is 0 Å². The van der Waals surface area contributed by atoms with Crippen molar-refractivity contribution in [3.8, 4) is 0 Å². The Morgan fingerprint density at radius 1 is 1.20 bits per heavy atom. The minimum Gasteiger partial charge on any atom is -0.370 e. The number of thioether (sulfide) groups is 1. The lowest BCUT2D eigenvalue weighted by molar-refractivity contribution is -0.118. The minimum absolute atomic E-state index is 0.111. The molecule has 3 amide bonds. The maximum absolute atomic E-state index is 12.6. The van der Waals surface area contributed by atoms with Crippen molar-refractivity contribution in [2.75, 3.05) is 11.1 Å². The van der Waals surface area contributed by atoms with Gasteiger partial charge in [-0.2, -0.15) is 0 Å². The predicted octanol–water partition coefficient (Wildman–Crippen LogP) is 1.64. The van der Waals surface area contributed by atoms with E-state index < -0.39 is 5.91 Å². The number of aryl methyl sites for hydroxylation is 1. The van der Waals surface area contributed by atoms with Crippen LogP contribution in [0.5, 0.6) is 0 Å². The number of rotatable bonds is 9. The second-order valence-corrected chi connectivity index (χ2v) is 8.20. The number of aromatic nitrogens is 3. The van der Waals surface area contributed by atoms with E-state index in [1.54, 1.807) is 35.9 Å². The molecular formula is C20H26N6O3S. The standard InChI is InChI=1S/C20H26N6O3S/c1-26-17(11-10-16(21)27)24-25-20(26)30-12-18(28)23-15-9-5-4-8-14(15)19(29)22-13-6-2-3-7-13/h4-5,8-9,13H,2-3,6-7,10-12H2,1H3,(H2,21,27)(H,22,29)(H,23,28). The SMILES string of the molecule is Cn1c(CCC(N)=O)nnc1SCC(=O)Nc1ccccc1C(=O)NC1CCCC1. The summed E-state index contributed by atoms with van der Waals surface area (Å²) < 4.78 is 1.74. The zero-order valence-corrected chi connectivity index (χ0v) is 17.7. The highest BCUT2D eigenvalue weighted by molar-refractivity contribution is 7.99. The number of amides is 3. The summed E-state index contributed by atoms with van der Waals surface area (Å²) in [5.74, 6) is -0.0751. The first-order valence-electron chi connectivity index (χ1n) is 9.93. The molecule has 0 radical (unpaired) electrons. The number of hydrogen-bond acceptors (Lipinski definition) is 6. The molecule has 0 bridgehead atoms. The molecule has 0 spiro atoms. The van der Waals surface area contributed by atoms with Crippen LogP contribution in [0, 0.1) is 0 Å². The van der Waals surface area contributed by atoms with Crippen molar-refractivity contribution in [2.45, 2.75) is 49.7 Å². The first kappa shape index (κ1) is 21.8. The summed E-state index contributed by atoms with van der Waals surface area (Å²) in [7, 11) is 1.78. The van der Waals surface area contributed by atoms with Gasteiger partial charge in [-0.05, 0) is 25.0 Å². The molecule has 0 unspecified atom stereocenters. The van der Waals surface area contributed by atoms with Crippen LogP contribution >= 0.6 is 11.8 Å². The van der Waals surface area contributed by atoms with Crippen LogP contribution in [0.4, 0.5) is 5.69 Å². The fourth-order valence-corrected chi connectivity index (χ4v) is 4.09. The number of carbonyl (C=O) groups is 3. The molecule has 1 aromatic carbocycles. The Balaban J connectivity index is 1.56. The van der Waals surface area contributed by atoms with Gasteiger partial charge in [0, 0.05) is 25.9 Å². The van der Waals surface area contributed by atoms with Gasteiger partial charge >= 0.3 is 0 Å². The third-order valence-electron chi connectivity index (χ3n) is 4.99. The van der Waals surface area contributed by atoms with Crippen LogP contribution in [0.1, 0.15) is 48.3 Å². The molecule has 30 heavy (non-hydrogen) atoms. The molecule has 10 heteroatoms. The van der Waals surface area contributed by atoms with Crippen LogP contribution in [0.3, 0.4) is 0 Å². The van der Waals surface area contributed by atoms with Gasteiger partial charge in [0.15, 0.2) is 5.16 Å². The zero-order chi connectivity index (χ0) is 21.5. The van der Waals surface area contributed by atoms with E-state index in [0.717, 1.165) is 25.7 Å². The van der Waals surface area contributed by atoms with E-state index in [-0.39, 0.29) is 30.0 Å². The highest BCUT2D eigenvalue weighted by atomic mass is 32.2. The van der Waals surface area contributed by atoms with Crippen molar-refractivity contribution in [3.05, 3.63) is 35.7 Å². The number of anilines is 1. The van der Waals surface area contributed by atoms with Crippen molar-refractivity contribution in [2.24, 2.45) is 12.8 Å². The molecule has 0 saturated heterocycles. The summed E-state index contributed by atoms with van der Waals surface area (Å²) in [6.45, 7) is 0. The molecule has 160 valence electrons. The van der Waals surface area contributed by atoms with E-state index in [2.05, 4.69) is 20.8 Å². The molecule has 1 fully saturated rings. The normalized spacial score (nSPS) is 13.9. The molecule has 9 nitrogen and oxygen atoms in total. The fourth-order valence-electron chi connectivity index (χ4n) is 3.36. The molecule has 0 aliphatic heterocycles. The van der Waals surface area contributed by atoms with Crippen molar-refractivity contribution in [3.63, 3.8) is 0 Å². The van der Waals surface area contributed by atoms with Gasteiger partial charge in [0.25, 0.3) is 5.91 Å². The average Bonchev–Trinajstić information content (AvgIpc) is 3.35. The topological polar surface area (TPSA) is 132 Å². The number of benzene rings is 1. The van der Waals surface area contributed by atoms with E-state index >= 15 is 0 Å². The summed E-state index contributed by atoms with van der Waals surface area (Å²) in [4.78, 5) is 36.0. The van der Waals surface area contributed by atoms with Gasteiger partial charge in [0.1, 0.15) is 5.82 Å². The van der Waals surface area contributed by atoms with E-state index in [4.69, 9.17) is 5.73 Å². The summed E-state index contributed by atoms with van der Waals surface area (Å²) in [5.41, 5.74) is 6.10. The van der Waals surface area contributed by atoms with Crippen molar-refractivity contribution < 1.29 is 14.4 Å².